The first-order valence-electron chi connectivity index (χ1n) is 4.99. The summed E-state index contributed by atoms with van der Waals surface area (Å²) in [4.78, 5) is 2.27. The van der Waals surface area contributed by atoms with Gasteiger partial charge in [0.2, 0.25) is 0 Å². The van der Waals surface area contributed by atoms with Crippen molar-refractivity contribution in [2.75, 3.05) is 29.5 Å². The lowest BCUT2D eigenvalue weighted by Gasteiger charge is -2.30. The highest BCUT2D eigenvalue weighted by Gasteiger charge is 2.16. The molecule has 0 N–H and O–H groups in total. The van der Waals surface area contributed by atoms with E-state index in [9.17, 15) is 4.39 Å². The largest absolute Gasteiger partial charge is 0.370 e. The minimum atomic E-state index is -0.109. The van der Waals surface area contributed by atoms with Gasteiger partial charge in [-0.15, -0.1) is 0 Å². The molecule has 0 aromatic heterocycles. The van der Waals surface area contributed by atoms with Crippen LogP contribution in [0.15, 0.2) is 18.2 Å². The molecule has 82 valence electrons. The molecule has 1 saturated heterocycles. The van der Waals surface area contributed by atoms with Crippen LogP contribution in [0.2, 0.25) is 0 Å². The molecule has 1 aliphatic heterocycles. The average molecular weight is 290 g/mol. The first-order valence-corrected chi connectivity index (χ1v) is 7.26. The Morgan fingerprint density at radius 1 is 1.33 bits per heavy atom. The molecule has 1 heterocycles. The first kappa shape index (κ1) is 11.3. The minimum absolute atomic E-state index is 0.109. The number of benzene rings is 1. The summed E-state index contributed by atoms with van der Waals surface area (Å²) in [6.07, 6.45) is 0. The Kier molecular flexibility index (Phi) is 3.92. The number of halogens is 2. The van der Waals surface area contributed by atoms with Crippen LogP contribution < -0.4 is 4.90 Å². The van der Waals surface area contributed by atoms with Crippen LogP contribution >= 0.6 is 27.7 Å². The molecule has 1 aromatic carbocycles. The number of hydrogen-bond donors (Lipinski definition) is 0. The molecule has 1 aliphatic rings. The van der Waals surface area contributed by atoms with Crippen molar-refractivity contribution in [2.45, 2.75) is 5.33 Å². The predicted octanol–water partition coefficient (Wildman–Crippen LogP) is 3.27. The summed E-state index contributed by atoms with van der Waals surface area (Å²) in [5, 5.41) is 0.582. The van der Waals surface area contributed by atoms with E-state index in [0.717, 1.165) is 35.8 Å². The third-order valence-electron chi connectivity index (χ3n) is 2.58. The molecule has 2 rings (SSSR count). The van der Waals surface area contributed by atoms with Gasteiger partial charge in [-0.1, -0.05) is 22.0 Å². The number of hydrogen-bond acceptors (Lipinski definition) is 2. The Labute approximate surface area is 102 Å². The molecular formula is C11H13BrFNS. The van der Waals surface area contributed by atoms with Crippen molar-refractivity contribution >= 4 is 33.4 Å². The van der Waals surface area contributed by atoms with E-state index in [2.05, 4.69) is 20.8 Å². The third-order valence-corrected chi connectivity index (χ3v) is 4.08. The fraction of sp³-hybridized carbons (Fsp3) is 0.455. The van der Waals surface area contributed by atoms with Gasteiger partial charge in [-0.05, 0) is 12.1 Å². The Bertz CT molecular complexity index is 339. The van der Waals surface area contributed by atoms with Crippen LogP contribution in [0.25, 0.3) is 0 Å². The predicted molar refractivity (Wildman–Crippen MR) is 68.6 cm³/mol. The average Bonchev–Trinajstić information content (AvgIpc) is 2.30. The van der Waals surface area contributed by atoms with E-state index in [4.69, 9.17) is 0 Å². The standard InChI is InChI=1S/C11H13BrFNS/c12-8-9-10(13)2-1-3-11(9)14-4-6-15-7-5-14/h1-3H,4-8H2. The zero-order chi connectivity index (χ0) is 10.7. The van der Waals surface area contributed by atoms with Crippen LogP contribution in [0.3, 0.4) is 0 Å². The second-order valence-electron chi connectivity index (χ2n) is 3.47. The molecule has 1 fully saturated rings. The smallest absolute Gasteiger partial charge is 0.129 e. The lowest BCUT2D eigenvalue weighted by atomic mass is 10.1. The van der Waals surface area contributed by atoms with Gasteiger partial charge in [-0.2, -0.15) is 11.8 Å². The highest BCUT2D eigenvalue weighted by molar-refractivity contribution is 9.08. The van der Waals surface area contributed by atoms with Crippen molar-refractivity contribution in [1.29, 1.82) is 0 Å². The third kappa shape index (κ3) is 2.48. The van der Waals surface area contributed by atoms with Gasteiger partial charge in [0.25, 0.3) is 0 Å². The fourth-order valence-electron chi connectivity index (χ4n) is 1.78. The number of alkyl halides is 1. The summed E-state index contributed by atoms with van der Waals surface area (Å²) < 4.78 is 13.5. The molecular weight excluding hydrogens is 277 g/mol. The lowest BCUT2D eigenvalue weighted by molar-refractivity contribution is 0.616. The number of nitrogens with zero attached hydrogens (tertiary/aromatic N) is 1. The van der Waals surface area contributed by atoms with Crippen LogP contribution in [-0.2, 0) is 5.33 Å². The van der Waals surface area contributed by atoms with Gasteiger partial charge in [0.1, 0.15) is 5.82 Å². The summed E-state index contributed by atoms with van der Waals surface area (Å²) in [5.74, 6) is 2.17. The Morgan fingerprint density at radius 2 is 2.07 bits per heavy atom. The summed E-state index contributed by atoms with van der Waals surface area (Å²) in [6, 6.07) is 5.33. The summed E-state index contributed by atoms with van der Waals surface area (Å²) in [6.45, 7) is 2.04. The fourth-order valence-corrected chi connectivity index (χ4v) is 3.24. The van der Waals surface area contributed by atoms with Crippen molar-refractivity contribution < 1.29 is 4.39 Å². The van der Waals surface area contributed by atoms with E-state index in [0.29, 0.717) is 5.33 Å². The molecule has 0 amide bonds. The Balaban J connectivity index is 2.29. The summed E-state index contributed by atoms with van der Waals surface area (Å²) >= 11 is 5.32. The van der Waals surface area contributed by atoms with E-state index in [1.54, 1.807) is 6.07 Å². The maximum atomic E-state index is 13.5. The van der Waals surface area contributed by atoms with Crippen molar-refractivity contribution in [2.24, 2.45) is 0 Å². The summed E-state index contributed by atoms with van der Waals surface area (Å²) in [7, 11) is 0. The van der Waals surface area contributed by atoms with E-state index < -0.39 is 0 Å². The quantitative estimate of drug-likeness (QED) is 0.769. The zero-order valence-electron chi connectivity index (χ0n) is 8.38. The van der Waals surface area contributed by atoms with E-state index in [1.807, 2.05) is 17.8 Å². The van der Waals surface area contributed by atoms with Crippen molar-refractivity contribution in [3.63, 3.8) is 0 Å². The molecule has 0 aliphatic carbocycles. The van der Waals surface area contributed by atoms with E-state index in [1.165, 1.54) is 6.07 Å². The minimum Gasteiger partial charge on any atom is -0.370 e. The van der Waals surface area contributed by atoms with Crippen molar-refractivity contribution in [3.8, 4) is 0 Å². The van der Waals surface area contributed by atoms with Crippen LogP contribution in [0.5, 0.6) is 0 Å². The number of thioether (sulfide) groups is 1. The highest BCUT2D eigenvalue weighted by atomic mass is 79.9. The van der Waals surface area contributed by atoms with E-state index in [-0.39, 0.29) is 5.82 Å². The maximum absolute atomic E-state index is 13.5. The van der Waals surface area contributed by atoms with Gasteiger partial charge < -0.3 is 4.90 Å². The molecule has 0 atom stereocenters. The second-order valence-corrected chi connectivity index (χ2v) is 5.26. The van der Waals surface area contributed by atoms with Gasteiger partial charge in [-0.3, -0.25) is 0 Å². The van der Waals surface area contributed by atoms with Crippen LogP contribution in [0.1, 0.15) is 5.56 Å². The zero-order valence-corrected chi connectivity index (χ0v) is 10.8. The maximum Gasteiger partial charge on any atom is 0.129 e. The molecule has 4 heteroatoms. The molecule has 0 bridgehead atoms. The normalized spacial score (nSPS) is 16.8. The van der Waals surface area contributed by atoms with Crippen molar-refractivity contribution in [1.82, 2.24) is 0 Å². The summed E-state index contributed by atoms with van der Waals surface area (Å²) in [5.41, 5.74) is 1.83. The second kappa shape index (κ2) is 5.21. The van der Waals surface area contributed by atoms with Crippen LogP contribution in [-0.4, -0.2) is 24.6 Å². The van der Waals surface area contributed by atoms with Gasteiger partial charge in [0, 0.05) is 41.2 Å². The highest BCUT2D eigenvalue weighted by Crippen LogP contribution is 2.27. The van der Waals surface area contributed by atoms with Gasteiger partial charge in [-0.25, -0.2) is 4.39 Å². The SMILES string of the molecule is Fc1cccc(N2CCSCC2)c1CBr. The topological polar surface area (TPSA) is 3.24 Å². The molecule has 1 nitrogen and oxygen atoms in total. The van der Waals surface area contributed by atoms with Crippen LogP contribution in [0.4, 0.5) is 10.1 Å². The number of rotatable bonds is 2. The monoisotopic (exact) mass is 289 g/mol. The molecule has 0 unspecified atom stereocenters. The van der Waals surface area contributed by atoms with Crippen molar-refractivity contribution in [3.05, 3.63) is 29.6 Å². The first-order chi connectivity index (χ1) is 7.33. The Hall–Kier alpha value is -0.220. The lowest BCUT2D eigenvalue weighted by Crippen LogP contribution is -2.33. The molecule has 0 saturated carbocycles. The molecule has 15 heavy (non-hydrogen) atoms. The van der Waals surface area contributed by atoms with Gasteiger partial charge >= 0.3 is 0 Å². The Morgan fingerprint density at radius 3 is 2.73 bits per heavy atom. The van der Waals surface area contributed by atoms with Gasteiger partial charge in [0.15, 0.2) is 0 Å². The van der Waals surface area contributed by atoms with E-state index >= 15 is 0 Å². The number of anilines is 1. The van der Waals surface area contributed by atoms with Gasteiger partial charge in [0.05, 0.1) is 0 Å². The molecule has 0 spiro atoms. The molecule has 0 radical (unpaired) electrons. The molecule has 1 aromatic rings. The van der Waals surface area contributed by atoms with Crippen LogP contribution in [0, 0.1) is 5.82 Å².